The molecule has 0 radical (unpaired) electrons. The minimum Gasteiger partial charge on any atom is -0.338 e. The van der Waals surface area contributed by atoms with Gasteiger partial charge >= 0.3 is 0 Å². The van der Waals surface area contributed by atoms with Crippen LogP contribution in [0.4, 0.5) is 23.0 Å². The van der Waals surface area contributed by atoms with Gasteiger partial charge in [-0.2, -0.15) is 0 Å². The lowest BCUT2D eigenvalue weighted by molar-refractivity contribution is 0.159. The molecular weight excluding hydrogens is 681 g/mol. The van der Waals surface area contributed by atoms with Gasteiger partial charge in [-0.05, 0) is 103 Å². The predicted octanol–water partition coefficient (Wildman–Crippen LogP) is 13.0. The molecule has 2 aliphatic carbocycles. The number of nitrogens with zero attached hydrogens (tertiary/aromatic N) is 4. The molecule has 0 spiro atoms. The van der Waals surface area contributed by atoms with Gasteiger partial charge in [-0.3, -0.25) is 0 Å². The van der Waals surface area contributed by atoms with E-state index in [0.29, 0.717) is 29.8 Å². The Balaban J connectivity index is 0.875. The minimum absolute atomic E-state index is 0.358. The molecule has 1 aromatic heterocycles. The molecule has 2 fully saturated rings. The van der Waals surface area contributed by atoms with Gasteiger partial charge in [0, 0.05) is 52.1 Å². The molecule has 6 aromatic carbocycles. The summed E-state index contributed by atoms with van der Waals surface area (Å²) in [5.41, 5.74) is 13.8. The average molecular weight is 727 g/mol. The van der Waals surface area contributed by atoms with Crippen molar-refractivity contribution < 1.29 is 0 Å². The van der Waals surface area contributed by atoms with Gasteiger partial charge in [-0.1, -0.05) is 140 Å². The summed E-state index contributed by atoms with van der Waals surface area (Å²) in [6.45, 7) is 0. The summed E-state index contributed by atoms with van der Waals surface area (Å²) in [4.78, 5) is 15.9. The summed E-state index contributed by atoms with van der Waals surface area (Å²) in [5, 5.41) is 0. The first kappa shape index (κ1) is 33.3. The van der Waals surface area contributed by atoms with Crippen LogP contribution >= 0.6 is 0 Å². The van der Waals surface area contributed by atoms with Crippen LogP contribution in [0.15, 0.2) is 170 Å². The maximum atomic E-state index is 5.33. The van der Waals surface area contributed by atoms with Gasteiger partial charge in [0.2, 0.25) is 5.95 Å². The van der Waals surface area contributed by atoms with Gasteiger partial charge in [0.05, 0.1) is 11.4 Å². The number of anilines is 4. The molecule has 0 N–H and O–H groups in total. The lowest BCUT2D eigenvalue weighted by atomic mass is 9.65. The number of para-hydroxylation sites is 2. The lowest BCUT2D eigenvalue weighted by Gasteiger charge is -2.43. The van der Waals surface area contributed by atoms with E-state index in [1.54, 1.807) is 5.56 Å². The summed E-state index contributed by atoms with van der Waals surface area (Å²) < 4.78 is 0. The third kappa shape index (κ3) is 5.73. The average Bonchev–Trinajstić information content (AvgIpc) is 3.79. The van der Waals surface area contributed by atoms with Crippen molar-refractivity contribution >= 4 is 23.0 Å². The van der Waals surface area contributed by atoms with Crippen LogP contribution in [0.1, 0.15) is 61.5 Å². The number of rotatable bonds is 6. The Morgan fingerprint density at radius 3 is 1.36 bits per heavy atom. The van der Waals surface area contributed by atoms with Crippen molar-refractivity contribution in [2.24, 2.45) is 11.8 Å². The Morgan fingerprint density at radius 2 is 0.821 bits per heavy atom. The SMILES string of the molecule is c1ccc(-c2ccc(N3c4ccccc4C4CC(C5CCC6C(C5)c5ccccc5N6c5nc(-c6ccccc6)cc(-c6ccccc6)n5)CCC43)cc2)cc1. The van der Waals surface area contributed by atoms with Gasteiger partial charge in [-0.25, -0.2) is 9.97 Å². The second kappa shape index (κ2) is 13.9. The molecule has 274 valence electrons. The second-order valence-corrected chi connectivity index (χ2v) is 16.4. The van der Waals surface area contributed by atoms with Crippen LogP contribution in [0.2, 0.25) is 0 Å². The molecule has 4 aliphatic rings. The molecule has 4 heteroatoms. The van der Waals surface area contributed by atoms with Crippen LogP contribution in [0.25, 0.3) is 33.6 Å². The highest BCUT2D eigenvalue weighted by Gasteiger charge is 2.49. The van der Waals surface area contributed by atoms with E-state index in [4.69, 9.17) is 9.97 Å². The quantitative estimate of drug-likeness (QED) is 0.171. The van der Waals surface area contributed by atoms with Crippen molar-refractivity contribution in [2.45, 2.75) is 62.4 Å². The molecule has 0 amide bonds. The van der Waals surface area contributed by atoms with Gasteiger partial charge in [0.1, 0.15) is 0 Å². The molecule has 0 bridgehead atoms. The third-order valence-electron chi connectivity index (χ3n) is 13.6. The second-order valence-electron chi connectivity index (χ2n) is 16.4. The summed E-state index contributed by atoms with van der Waals surface area (Å²) in [6.07, 6.45) is 7.45. The van der Waals surface area contributed by atoms with E-state index < -0.39 is 0 Å². The highest BCUT2D eigenvalue weighted by Crippen LogP contribution is 2.58. The molecule has 3 heterocycles. The van der Waals surface area contributed by atoms with Crippen LogP contribution in [0.5, 0.6) is 0 Å². The largest absolute Gasteiger partial charge is 0.338 e. The molecule has 11 rings (SSSR count). The number of hydrogen-bond acceptors (Lipinski definition) is 4. The summed E-state index contributed by atoms with van der Waals surface area (Å²) in [6, 6.07) is 62.6. The van der Waals surface area contributed by atoms with E-state index >= 15 is 0 Å². The van der Waals surface area contributed by atoms with Crippen LogP contribution in [-0.4, -0.2) is 22.1 Å². The normalized spacial score (nSPS) is 23.6. The van der Waals surface area contributed by atoms with Crippen molar-refractivity contribution in [3.8, 4) is 33.6 Å². The van der Waals surface area contributed by atoms with Gasteiger partial charge < -0.3 is 9.80 Å². The molecule has 6 unspecified atom stereocenters. The Bertz CT molecular complexity index is 2420. The minimum atomic E-state index is 0.358. The van der Waals surface area contributed by atoms with E-state index in [1.807, 2.05) is 0 Å². The summed E-state index contributed by atoms with van der Waals surface area (Å²) >= 11 is 0. The molecule has 0 saturated heterocycles. The van der Waals surface area contributed by atoms with E-state index in [-0.39, 0.29) is 0 Å². The topological polar surface area (TPSA) is 32.3 Å². The summed E-state index contributed by atoms with van der Waals surface area (Å²) in [5.74, 6) is 3.31. The van der Waals surface area contributed by atoms with Crippen molar-refractivity contribution in [3.05, 3.63) is 181 Å². The maximum absolute atomic E-state index is 5.33. The monoisotopic (exact) mass is 726 g/mol. The first-order chi connectivity index (χ1) is 27.8. The standard InChI is InChI=1S/C52H46N4/c1-4-14-35(15-5-1)36-24-28-41(29-25-36)55-48-22-12-10-20-42(48)44-32-39(26-30-50(44)55)40-27-31-51-45(33-40)43-21-11-13-23-49(43)56(51)52-53-46(37-16-6-2-7-17-37)34-47(54-52)38-18-8-3-9-19-38/h1-25,28-29,34,39-40,44-45,50-51H,26-27,30-33H2. The highest BCUT2D eigenvalue weighted by atomic mass is 15.3. The molecule has 56 heavy (non-hydrogen) atoms. The number of hydrogen-bond donors (Lipinski definition) is 0. The van der Waals surface area contributed by atoms with Crippen LogP contribution in [0, 0.1) is 11.8 Å². The molecule has 2 aliphatic heterocycles. The van der Waals surface area contributed by atoms with E-state index in [1.165, 1.54) is 65.9 Å². The van der Waals surface area contributed by atoms with Crippen LogP contribution < -0.4 is 9.80 Å². The van der Waals surface area contributed by atoms with Crippen molar-refractivity contribution in [1.82, 2.24) is 9.97 Å². The Kier molecular flexibility index (Phi) is 8.30. The van der Waals surface area contributed by atoms with Gasteiger partial charge in [-0.15, -0.1) is 0 Å². The van der Waals surface area contributed by atoms with Crippen molar-refractivity contribution in [1.29, 1.82) is 0 Å². The van der Waals surface area contributed by atoms with E-state index in [0.717, 1.165) is 40.8 Å². The van der Waals surface area contributed by atoms with Crippen LogP contribution in [-0.2, 0) is 0 Å². The first-order valence-corrected chi connectivity index (χ1v) is 20.7. The summed E-state index contributed by atoms with van der Waals surface area (Å²) in [7, 11) is 0. The van der Waals surface area contributed by atoms with Gasteiger partial charge in [0.25, 0.3) is 0 Å². The third-order valence-corrected chi connectivity index (χ3v) is 13.6. The van der Waals surface area contributed by atoms with Gasteiger partial charge in [0.15, 0.2) is 0 Å². The molecule has 2 saturated carbocycles. The fourth-order valence-electron chi connectivity index (χ4n) is 11.0. The van der Waals surface area contributed by atoms with Crippen molar-refractivity contribution in [2.75, 3.05) is 9.80 Å². The molecular formula is C52H46N4. The Hall–Kier alpha value is -6.00. The maximum Gasteiger partial charge on any atom is 0.231 e. The Morgan fingerprint density at radius 1 is 0.393 bits per heavy atom. The lowest BCUT2D eigenvalue weighted by Crippen LogP contribution is -2.40. The van der Waals surface area contributed by atoms with Crippen molar-refractivity contribution in [3.63, 3.8) is 0 Å². The Labute approximate surface area is 330 Å². The number of aromatic nitrogens is 2. The number of fused-ring (bicyclic) bond motifs is 6. The zero-order valence-electron chi connectivity index (χ0n) is 31.7. The molecule has 7 aromatic rings. The number of benzene rings is 6. The first-order valence-electron chi connectivity index (χ1n) is 20.7. The fourth-order valence-corrected chi connectivity index (χ4v) is 11.0. The van der Waals surface area contributed by atoms with Crippen LogP contribution in [0.3, 0.4) is 0 Å². The molecule has 6 atom stereocenters. The van der Waals surface area contributed by atoms with E-state index in [9.17, 15) is 0 Å². The van der Waals surface area contributed by atoms with E-state index in [2.05, 4.69) is 180 Å². The smallest absolute Gasteiger partial charge is 0.231 e. The zero-order valence-corrected chi connectivity index (χ0v) is 31.7. The zero-order chi connectivity index (χ0) is 37.0. The highest BCUT2D eigenvalue weighted by molar-refractivity contribution is 5.77. The fraction of sp³-hybridized carbons (Fsp3) is 0.231. The molecule has 4 nitrogen and oxygen atoms in total. The predicted molar refractivity (Wildman–Crippen MR) is 230 cm³/mol.